The largest absolute Gasteiger partial charge is 0.490 e. The molecule has 31 heavy (non-hydrogen) atoms. The van der Waals surface area contributed by atoms with Crippen LogP contribution in [0.3, 0.4) is 0 Å². The highest BCUT2D eigenvalue weighted by atomic mass is 35.5. The number of hydrogen-bond donors (Lipinski definition) is 1. The molecule has 1 atom stereocenters. The molecule has 0 saturated heterocycles. The highest BCUT2D eigenvalue weighted by molar-refractivity contribution is 6.32. The van der Waals surface area contributed by atoms with Gasteiger partial charge in [-0.3, -0.25) is 9.59 Å². The van der Waals surface area contributed by atoms with Gasteiger partial charge in [-0.15, -0.1) is 0 Å². The molecular formula is C24H22ClNO5. The Balaban J connectivity index is 1.88. The molecule has 0 fully saturated rings. The van der Waals surface area contributed by atoms with Crippen molar-refractivity contribution < 1.29 is 19.1 Å². The van der Waals surface area contributed by atoms with Gasteiger partial charge in [-0.1, -0.05) is 36.4 Å². The van der Waals surface area contributed by atoms with Crippen LogP contribution in [-0.2, 0) is 0 Å². The van der Waals surface area contributed by atoms with Crippen LogP contribution in [0.15, 0.2) is 58.3 Å². The standard InChI is InChI=1S/C24H22ClNO5/c1-3-11-30-16-7-5-15(6-8-16)21-20-22(28)17-13-18(25)14(2)12-19(17)31-23(20)24(29)26(21)9-4-10-27/h3,5-8,12-13,21,27H,1,4,9-11H2,2H3. The Morgan fingerprint density at radius 1 is 1.26 bits per heavy atom. The molecule has 1 aliphatic rings. The Labute approximate surface area is 184 Å². The first-order valence-electron chi connectivity index (χ1n) is 9.98. The molecule has 4 rings (SSSR count). The molecule has 0 saturated carbocycles. The molecule has 1 unspecified atom stereocenters. The minimum Gasteiger partial charge on any atom is -0.490 e. The molecule has 0 spiro atoms. The minimum atomic E-state index is -0.622. The summed E-state index contributed by atoms with van der Waals surface area (Å²) in [6, 6.07) is 9.85. The molecule has 7 heteroatoms. The molecule has 0 aliphatic carbocycles. The molecule has 1 N–H and O–H groups in total. The first-order chi connectivity index (χ1) is 15.0. The second kappa shape index (κ2) is 8.57. The van der Waals surface area contributed by atoms with Gasteiger partial charge in [0, 0.05) is 18.2 Å². The number of ether oxygens (including phenoxy) is 1. The van der Waals surface area contributed by atoms with Gasteiger partial charge in [0.15, 0.2) is 5.43 Å². The van der Waals surface area contributed by atoms with Crippen LogP contribution in [0.1, 0.15) is 39.7 Å². The van der Waals surface area contributed by atoms with E-state index in [9.17, 15) is 14.7 Å². The molecule has 2 heterocycles. The third-order valence-electron chi connectivity index (χ3n) is 5.37. The number of aliphatic hydroxyl groups excluding tert-OH is 1. The number of rotatable bonds is 7. The number of halogens is 1. The lowest BCUT2D eigenvalue weighted by molar-refractivity contribution is 0.0716. The van der Waals surface area contributed by atoms with E-state index in [0.29, 0.717) is 34.8 Å². The van der Waals surface area contributed by atoms with E-state index in [2.05, 4.69) is 6.58 Å². The van der Waals surface area contributed by atoms with Crippen molar-refractivity contribution in [3.63, 3.8) is 0 Å². The maximum atomic E-state index is 13.5. The van der Waals surface area contributed by atoms with Crippen molar-refractivity contribution in [3.05, 3.63) is 86.7 Å². The molecule has 0 bridgehead atoms. The van der Waals surface area contributed by atoms with Gasteiger partial charge < -0.3 is 19.2 Å². The quantitative estimate of drug-likeness (QED) is 0.557. The van der Waals surface area contributed by atoms with Crippen LogP contribution in [0, 0.1) is 6.92 Å². The van der Waals surface area contributed by atoms with E-state index in [1.807, 2.05) is 19.1 Å². The maximum Gasteiger partial charge on any atom is 0.290 e. The molecule has 2 aromatic carbocycles. The summed E-state index contributed by atoms with van der Waals surface area (Å²) in [5, 5.41) is 10.1. The normalized spacial score (nSPS) is 15.4. The fraction of sp³-hybridized carbons (Fsp3) is 0.250. The van der Waals surface area contributed by atoms with Gasteiger partial charge in [0.25, 0.3) is 5.91 Å². The molecule has 1 aromatic heterocycles. The van der Waals surface area contributed by atoms with Gasteiger partial charge in [-0.2, -0.15) is 0 Å². The van der Waals surface area contributed by atoms with Crippen LogP contribution in [0.4, 0.5) is 0 Å². The lowest BCUT2D eigenvalue weighted by Gasteiger charge is -2.25. The molecule has 0 radical (unpaired) electrons. The Morgan fingerprint density at radius 2 is 2.00 bits per heavy atom. The van der Waals surface area contributed by atoms with Gasteiger partial charge in [0.1, 0.15) is 17.9 Å². The predicted molar refractivity (Wildman–Crippen MR) is 119 cm³/mol. The molecule has 3 aromatic rings. The van der Waals surface area contributed by atoms with Gasteiger partial charge in [-0.05, 0) is 48.7 Å². The number of aliphatic hydroxyl groups is 1. The number of hydrogen-bond acceptors (Lipinski definition) is 5. The minimum absolute atomic E-state index is 0.0362. The van der Waals surface area contributed by atoms with Crippen molar-refractivity contribution in [1.82, 2.24) is 4.90 Å². The lowest BCUT2D eigenvalue weighted by Crippen LogP contribution is -2.31. The second-order valence-electron chi connectivity index (χ2n) is 7.42. The summed E-state index contributed by atoms with van der Waals surface area (Å²) >= 11 is 6.24. The number of amides is 1. The summed E-state index contributed by atoms with van der Waals surface area (Å²) in [6.07, 6.45) is 2.04. The highest BCUT2D eigenvalue weighted by Gasteiger charge is 2.42. The highest BCUT2D eigenvalue weighted by Crippen LogP contribution is 2.39. The average molecular weight is 440 g/mol. The van der Waals surface area contributed by atoms with E-state index in [1.165, 1.54) is 0 Å². The number of benzene rings is 2. The van der Waals surface area contributed by atoms with Crippen LogP contribution < -0.4 is 10.2 Å². The van der Waals surface area contributed by atoms with E-state index in [-0.39, 0.29) is 35.8 Å². The number of carbonyl (C=O) groups is 1. The maximum absolute atomic E-state index is 13.5. The van der Waals surface area contributed by atoms with E-state index < -0.39 is 6.04 Å². The van der Waals surface area contributed by atoms with Crippen molar-refractivity contribution in [1.29, 1.82) is 0 Å². The molecule has 1 amide bonds. The summed E-state index contributed by atoms with van der Waals surface area (Å²) < 4.78 is 11.5. The fourth-order valence-corrected chi connectivity index (χ4v) is 4.02. The summed E-state index contributed by atoms with van der Waals surface area (Å²) in [7, 11) is 0. The van der Waals surface area contributed by atoms with Gasteiger partial charge in [0.05, 0.1) is 17.0 Å². The Bertz CT molecular complexity index is 1220. The molecule has 160 valence electrons. The number of nitrogens with zero attached hydrogens (tertiary/aromatic N) is 1. The predicted octanol–water partition coefficient (Wildman–Crippen LogP) is 4.25. The van der Waals surface area contributed by atoms with Gasteiger partial charge >= 0.3 is 0 Å². The Hall–Kier alpha value is -3.09. The first kappa shape index (κ1) is 21.2. The topological polar surface area (TPSA) is 80.0 Å². The number of aryl methyl sites for hydroxylation is 1. The zero-order chi connectivity index (χ0) is 22.1. The Morgan fingerprint density at radius 3 is 2.68 bits per heavy atom. The van der Waals surface area contributed by atoms with E-state index in [1.54, 1.807) is 35.2 Å². The third-order valence-corrected chi connectivity index (χ3v) is 5.77. The number of fused-ring (bicyclic) bond motifs is 2. The fourth-order valence-electron chi connectivity index (χ4n) is 3.86. The van der Waals surface area contributed by atoms with E-state index in [0.717, 1.165) is 11.1 Å². The monoisotopic (exact) mass is 439 g/mol. The van der Waals surface area contributed by atoms with E-state index in [4.69, 9.17) is 20.8 Å². The summed E-state index contributed by atoms with van der Waals surface area (Å²) in [5.41, 5.74) is 1.84. The van der Waals surface area contributed by atoms with Gasteiger partial charge in [0.2, 0.25) is 5.76 Å². The number of carbonyl (C=O) groups excluding carboxylic acids is 1. The molecule has 1 aliphatic heterocycles. The van der Waals surface area contributed by atoms with Gasteiger partial charge in [-0.25, -0.2) is 0 Å². The molecular weight excluding hydrogens is 418 g/mol. The Kier molecular flexibility index (Phi) is 5.85. The van der Waals surface area contributed by atoms with Crippen LogP contribution in [0.2, 0.25) is 5.02 Å². The summed E-state index contributed by atoms with van der Waals surface area (Å²) in [6.45, 7) is 6.03. The molecule has 6 nitrogen and oxygen atoms in total. The van der Waals surface area contributed by atoms with Crippen LogP contribution in [-0.4, -0.2) is 35.7 Å². The van der Waals surface area contributed by atoms with Crippen LogP contribution in [0.25, 0.3) is 11.0 Å². The first-order valence-corrected chi connectivity index (χ1v) is 10.4. The van der Waals surface area contributed by atoms with Crippen LogP contribution >= 0.6 is 11.6 Å². The lowest BCUT2D eigenvalue weighted by atomic mass is 9.98. The second-order valence-corrected chi connectivity index (χ2v) is 7.83. The average Bonchev–Trinajstić information content (AvgIpc) is 3.04. The zero-order valence-corrected chi connectivity index (χ0v) is 17.8. The zero-order valence-electron chi connectivity index (χ0n) is 17.1. The van der Waals surface area contributed by atoms with Crippen molar-refractivity contribution in [2.24, 2.45) is 0 Å². The van der Waals surface area contributed by atoms with Crippen molar-refractivity contribution in [3.8, 4) is 5.75 Å². The SMILES string of the molecule is C=CCOc1ccc(C2c3c(oc4cc(C)c(Cl)cc4c3=O)C(=O)N2CCCO)cc1. The van der Waals surface area contributed by atoms with E-state index >= 15 is 0 Å². The summed E-state index contributed by atoms with van der Waals surface area (Å²) in [4.78, 5) is 28.2. The van der Waals surface area contributed by atoms with Crippen molar-refractivity contribution >= 4 is 28.5 Å². The van der Waals surface area contributed by atoms with Crippen molar-refractivity contribution in [2.75, 3.05) is 19.8 Å². The smallest absolute Gasteiger partial charge is 0.290 e. The van der Waals surface area contributed by atoms with Crippen LogP contribution in [0.5, 0.6) is 5.75 Å². The third kappa shape index (κ3) is 3.73. The van der Waals surface area contributed by atoms with Crippen molar-refractivity contribution in [2.45, 2.75) is 19.4 Å². The summed E-state index contributed by atoms with van der Waals surface area (Å²) in [5.74, 6) is 0.323.